The van der Waals surface area contributed by atoms with Crippen LogP contribution in [0.3, 0.4) is 0 Å². The van der Waals surface area contributed by atoms with Gasteiger partial charge in [0.2, 0.25) is 0 Å². The summed E-state index contributed by atoms with van der Waals surface area (Å²) >= 11 is 0. The number of pyridine rings is 1. The van der Waals surface area contributed by atoms with Crippen molar-refractivity contribution < 1.29 is 17.7 Å². The minimum absolute atomic E-state index is 0.157. The van der Waals surface area contributed by atoms with Crippen molar-refractivity contribution in [3.8, 4) is 0 Å². The molecule has 6 nitrogen and oxygen atoms in total. The van der Waals surface area contributed by atoms with Crippen molar-refractivity contribution in [1.29, 1.82) is 0 Å². The maximum Gasteiger partial charge on any atom is 0.496 e. The van der Waals surface area contributed by atoms with E-state index in [0.717, 1.165) is 0 Å². The summed E-state index contributed by atoms with van der Waals surface area (Å²) in [5, 5.41) is 4.91. The summed E-state index contributed by atoms with van der Waals surface area (Å²) in [7, 11) is -4.37. The monoisotopic (exact) mass is 298 g/mol. The van der Waals surface area contributed by atoms with Crippen LogP contribution in [0.5, 0.6) is 0 Å². The molecule has 0 aliphatic carbocycles. The maximum absolute atomic E-state index is 11.3. The molecule has 8 heteroatoms. The number of hydrogen-bond donors (Lipinski definition) is 1. The number of aromatic nitrogens is 1. The second-order valence-electron chi connectivity index (χ2n) is 5.96. The van der Waals surface area contributed by atoms with Crippen LogP contribution in [-0.2, 0) is 19.3 Å². The Labute approximate surface area is 119 Å². The van der Waals surface area contributed by atoms with Crippen LogP contribution in [0.25, 0.3) is 0 Å². The smallest absolute Gasteiger partial charge is 0.399 e. The zero-order valence-electron chi connectivity index (χ0n) is 12.3. The van der Waals surface area contributed by atoms with Gasteiger partial charge < -0.3 is 9.31 Å². The number of nitrogens with two attached hydrogens (primary N) is 1. The molecule has 1 aliphatic heterocycles. The van der Waals surface area contributed by atoms with Crippen molar-refractivity contribution >= 4 is 22.6 Å². The average Bonchev–Trinajstić information content (AvgIpc) is 2.46. The number of primary sulfonamides is 1. The van der Waals surface area contributed by atoms with Crippen molar-refractivity contribution in [1.82, 2.24) is 4.98 Å². The highest BCUT2D eigenvalue weighted by Gasteiger charge is 2.52. The topological polar surface area (TPSA) is 91.5 Å². The molecule has 1 fully saturated rings. The van der Waals surface area contributed by atoms with Gasteiger partial charge in [-0.15, -0.1) is 0 Å². The largest absolute Gasteiger partial charge is 0.496 e. The fraction of sp³-hybridized carbons (Fsp3) is 0.583. The van der Waals surface area contributed by atoms with E-state index in [-0.39, 0.29) is 5.03 Å². The van der Waals surface area contributed by atoms with Crippen molar-refractivity contribution in [3.05, 3.63) is 17.8 Å². The van der Waals surface area contributed by atoms with Gasteiger partial charge in [0.1, 0.15) is 0 Å². The van der Waals surface area contributed by atoms with Gasteiger partial charge in [0, 0.05) is 11.2 Å². The normalized spacial score (nSPS) is 21.2. The number of sulfonamides is 1. The lowest BCUT2D eigenvalue weighted by atomic mass is 9.78. The highest BCUT2D eigenvalue weighted by Crippen LogP contribution is 2.36. The van der Waals surface area contributed by atoms with Crippen LogP contribution < -0.4 is 10.6 Å². The van der Waals surface area contributed by atoms with Gasteiger partial charge in [-0.1, -0.05) is 6.07 Å². The summed E-state index contributed by atoms with van der Waals surface area (Å²) in [6.45, 7) is 9.51. The number of hydrogen-bond acceptors (Lipinski definition) is 5. The molecule has 1 aliphatic rings. The van der Waals surface area contributed by atoms with Crippen LogP contribution in [0.4, 0.5) is 0 Å². The first-order valence-electron chi connectivity index (χ1n) is 6.30. The summed E-state index contributed by atoms with van der Waals surface area (Å²) in [6.07, 6.45) is 0. The van der Waals surface area contributed by atoms with Gasteiger partial charge >= 0.3 is 7.12 Å². The van der Waals surface area contributed by atoms with Crippen LogP contribution in [0, 0.1) is 6.92 Å². The molecule has 0 bridgehead atoms. The van der Waals surface area contributed by atoms with E-state index >= 15 is 0 Å². The first-order valence-corrected chi connectivity index (χ1v) is 7.85. The molecule has 0 saturated carbocycles. The summed E-state index contributed by atoms with van der Waals surface area (Å²) in [5.41, 5.74) is 0.317. The number of rotatable bonds is 2. The van der Waals surface area contributed by atoms with Crippen molar-refractivity contribution in [2.24, 2.45) is 5.14 Å². The Kier molecular flexibility index (Phi) is 3.49. The van der Waals surface area contributed by atoms with E-state index in [2.05, 4.69) is 4.98 Å². The van der Waals surface area contributed by atoms with E-state index in [0.29, 0.717) is 11.2 Å². The van der Waals surface area contributed by atoms with Gasteiger partial charge in [-0.05, 0) is 40.7 Å². The maximum atomic E-state index is 11.3. The molecule has 0 spiro atoms. The predicted molar refractivity (Wildman–Crippen MR) is 76.1 cm³/mol. The standard InChI is InChI=1S/C12H19BN2O4S/c1-8-9(6-7-10(15-8)20(14,16)17)13-18-11(2,3)12(4,5)19-13/h6-7H,1-5H3,(H2,14,16,17). The van der Waals surface area contributed by atoms with E-state index in [1.807, 2.05) is 27.7 Å². The minimum Gasteiger partial charge on any atom is -0.399 e. The molecule has 1 saturated heterocycles. The fourth-order valence-electron chi connectivity index (χ4n) is 1.93. The zero-order chi connectivity index (χ0) is 15.3. The fourth-order valence-corrected chi connectivity index (χ4v) is 2.45. The third kappa shape index (κ3) is 2.60. The van der Waals surface area contributed by atoms with Gasteiger partial charge in [-0.3, -0.25) is 0 Å². The lowest BCUT2D eigenvalue weighted by Gasteiger charge is -2.32. The van der Waals surface area contributed by atoms with E-state index in [4.69, 9.17) is 14.4 Å². The van der Waals surface area contributed by atoms with Crippen LogP contribution in [-0.4, -0.2) is 31.7 Å². The molecule has 2 rings (SSSR count). The van der Waals surface area contributed by atoms with Crippen LogP contribution >= 0.6 is 0 Å². The molecular formula is C12H19BN2O4S. The third-order valence-electron chi connectivity index (χ3n) is 3.90. The predicted octanol–water partition coefficient (Wildman–Crippen LogP) is 0.337. The van der Waals surface area contributed by atoms with Crippen LogP contribution in [0.2, 0.25) is 0 Å². The molecule has 110 valence electrons. The molecule has 0 amide bonds. The zero-order valence-corrected chi connectivity index (χ0v) is 13.1. The second-order valence-corrected chi connectivity index (χ2v) is 7.47. The second kappa shape index (κ2) is 4.52. The summed E-state index contributed by atoms with van der Waals surface area (Å²) in [5.74, 6) is 0. The number of aryl methyl sites for hydroxylation is 1. The Morgan fingerprint density at radius 2 is 1.65 bits per heavy atom. The Hall–Kier alpha value is -0.955. The highest BCUT2D eigenvalue weighted by molar-refractivity contribution is 7.89. The average molecular weight is 298 g/mol. The van der Waals surface area contributed by atoms with Gasteiger partial charge in [0.05, 0.1) is 11.2 Å². The molecular weight excluding hydrogens is 279 g/mol. The van der Waals surface area contributed by atoms with Crippen LogP contribution in [0.1, 0.15) is 33.4 Å². The molecule has 0 atom stereocenters. The molecule has 2 N–H and O–H groups in total. The van der Waals surface area contributed by atoms with E-state index < -0.39 is 28.3 Å². The van der Waals surface area contributed by atoms with Crippen molar-refractivity contribution in [2.75, 3.05) is 0 Å². The Morgan fingerprint density at radius 3 is 2.05 bits per heavy atom. The molecule has 0 radical (unpaired) electrons. The third-order valence-corrected chi connectivity index (χ3v) is 4.71. The van der Waals surface area contributed by atoms with Gasteiger partial charge in [0.15, 0.2) is 5.03 Å². The van der Waals surface area contributed by atoms with Gasteiger partial charge in [-0.25, -0.2) is 18.5 Å². The van der Waals surface area contributed by atoms with E-state index in [1.165, 1.54) is 6.07 Å². The number of nitrogens with zero attached hydrogens (tertiary/aromatic N) is 1. The lowest BCUT2D eigenvalue weighted by molar-refractivity contribution is 0.00578. The Morgan fingerprint density at radius 1 is 1.15 bits per heavy atom. The molecule has 1 aromatic rings. The van der Waals surface area contributed by atoms with Crippen LogP contribution in [0.15, 0.2) is 17.2 Å². The molecule has 20 heavy (non-hydrogen) atoms. The first kappa shape index (κ1) is 15.4. The highest BCUT2D eigenvalue weighted by atomic mass is 32.2. The van der Waals surface area contributed by atoms with Gasteiger partial charge in [0.25, 0.3) is 10.0 Å². The summed E-state index contributed by atoms with van der Waals surface area (Å²) in [4.78, 5) is 4.01. The first-order chi connectivity index (χ1) is 8.94. The van der Waals surface area contributed by atoms with E-state index in [1.54, 1.807) is 13.0 Å². The molecule has 2 heterocycles. The van der Waals surface area contributed by atoms with Gasteiger partial charge in [-0.2, -0.15) is 0 Å². The Balaban J connectivity index is 2.37. The Bertz CT molecular complexity index is 627. The minimum atomic E-state index is -3.80. The quantitative estimate of drug-likeness (QED) is 0.795. The SMILES string of the molecule is Cc1nc(S(N)(=O)=O)ccc1B1OC(C)(C)C(C)(C)O1. The van der Waals surface area contributed by atoms with Crippen molar-refractivity contribution in [3.63, 3.8) is 0 Å². The summed E-state index contributed by atoms with van der Waals surface area (Å²) in [6, 6.07) is 2.99. The van der Waals surface area contributed by atoms with E-state index in [9.17, 15) is 8.42 Å². The molecule has 0 aromatic carbocycles. The summed E-state index contributed by atoms with van der Waals surface area (Å²) < 4.78 is 34.4. The lowest BCUT2D eigenvalue weighted by Crippen LogP contribution is -2.41. The van der Waals surface area contributed by atoms with Crippen molar-refractivity contribution in [2.45, 2.75) is 50.8 Å². The molecule has 0 unspecified atom stereocenters. The molecule has 1 aromatic heterocycles.